The molecule has 0 bridgehead atoms. The van der Waals surface area contributed by atoms with Crippen LogP contribution in [0.2, 0.25) is 10.0 Å². The molecule has 0 aliphatic heterocycles. The predicted molar refractivity (Wildman–Crippen MR) is 79.8 cm³/mol. The van der Waals surface area contributed by atoms with Crippen LogP contribution in [0.3, 0.4) is 0 Å². The van der Waals surface area contributed by atoms with Gasteiger partial charge in [0.25, 0.3) is 0 Å². The van der Waals surface area contributed by atoms with Gasteiger partial charge in [-0.1, -0.05) is 42.3 Å². The lowest BCUT2D eigenvalue weighted by Crippen LogP contribution is -2.22. The average Bonchev–Trinajstić information content (AvgIpc) is 2.81. The highest BCUT2D eigenvalue weighted by Gasteiger charge is 2.15. The van der Waals surface area contributed by atoms with Gasteiger partial charge in [0.05, 0.1) is 16.2 Å². The lowest BCUT2D eigenvalue weighted by molar-refractivity contribution is 0.549. The van der Waals surface area contributed by atoms with Crippen LogP contribution in [0.15, 0.2) is 30.6 Å². The molecule has 1 N–H and O–H groups in total. The zero-order chi connectivity index (χ0) is 13.8. The Morgan fingerprint density at radius 1 is 1.37 bits per heavy atom. The minimum Gasteiger partial charge on any atom is -0.310 e. The lowest BCUT2D eigenvalue weighted by atomic mass is 10.0. The Morgan fingerprint density at radius 2 is 2.16 bits per heavy atom. The molecule has 0 fully saturated rings. The molecule has 1 aromatic heterocycles. The van der Waals surface area contributed by atoms with Crippen LogP contribution in [-0.2, 0) is 13.5 Å². The molecule has 0 saturated heterocycles. The molecule has 1 heterocycles. The highest BCUT2D eigenvalue weighted by atomic mass is 35.5. The van der Waals surface area contributed by atoms with Gasteiger partial charge in [0.15, 0.2) is 0 Å². The first-order chi connectivity index (χ1) is 9.11. The van der Waals surface area contributed by atoms with Crippen molar-refractivity contribution in [3.8, 4) is 0 Å². The standard InChI is InChI=1S/C14H17Cl2N3/c1-3-17-13(11-8-18-19(2)9-11)7-10-5-4-6-12(15)14(10)16/h4-6,8-9,13,17H,3,7H2,1-2H3. The second kappa shape index (κ2) is 6.42. The number of halogens is 2. The molecule has 1 unspecified atom stereocenters. The zero-order valence-corrected chi connectivity index (χ0v) is 12.5. The van der Waals surface area contributed by atoms with E-state index in [0.29, 0.717) is 10.0 Å². The van der Waals surface area contributed by atoms with E-state index in [1.54, 1.807) is 10.7 Å². The van der Waals surface area contributed by atoms with Crippen LogP contribution >= 0.6 is 23.2 Å². The maximum absolute atomic E-state index is 6.25. The molecule has 0 radical (unpaired) electrons. The Morgan fingerprint density at radius 3 is 2.79 bits per heavy atom. The average molecular weight is 298 g/mol. The largest absolute Gasteiger partial charge is 0.310 e. The first-order valence-corrected chi connectivity index (χ1v) is 7.02. The van der Waals surface area contributed by atoms with Gasteiger partial charge in [-0.2, -0.15) is 5.10 Å². The number of benzene rings is 1. The second-order valence-electron chi connectivity index (χ2n) is 4.47. The van der Waals surface area contributed by atoms with E-state index < -0.39 is 0 Å². The Bertz CT molecular complexity index is 551. The van der Waals surface area contributed by atoms with Crippen molar-refractivity contribution in [3.63, 3.8) is 0 Å². The summed E-state index contributed by atoms with van der Waals surface area (Å²) in [5.41, 5.74) is 2.20. The summed E-state index contributed by atoms with van der Waals surface area (Å²) < 4.78 is 1.80. The van der Waals surface area contributed by atoms with Crippen molar-refractivity contribution in [1.82, 2.24) is 15.1 Å². The maximum atomic E-state index is 6.25. The fourth-order valence-electron chi connectivity index (χ4n) is 2.10. The minimum absolute atomic E-state index is 0.190. The van der Waals surface area contributed by atoms with E-state index in [9.17, 15) is 0 Å². The number of likely N-dealkylation sites (N-methyl/N-ethyl adjacent to an activating group) is 1. The van der Waals surface area contributed by atoms with E-state index in [1.807, 2.05) is 31.6 Å². The monoisotopic (exact) mass is 297 g/mol. The number of rotatable bonds is 5. The van der Waals surface area contributed by atoms with Crippen LogP contribution in [0.25, 0.3) is 0 Å². The summed E-state index contributed by atoms with van der Waals surface area (Å²) in [6.45, 7) is 2.97. The van der Waals surface area contributed by atoms with E-state index >= 15 is 0 Å². The van der Waals surface area contributed by atoms with E-state index in [4.69, 9.17) is 23.2 Å². The van der Waals surface area contributed by atoms with Crippen LogP contribution in [0.4, 0.5) is 0 Å². The van der Waals surface area contributed by atoms with Gasteiger partial charge in [-0.3, -0.25) is 4.68 Å². The molecule has 102 valence electrons. The second-order valence-corrected chi connectivity index (χ2v) is 5.26. The Hall–Kier alpha value is -1.03. The summed E-state index contributed by atoms with van der Waals surface area (Å²) in [7, 11) is 1.92. The minimum atomic E-state index is 0.190. The third-order valence-electron chi connectivity index (χ3n) is 3.03. The SMILES string of the molecule is CCNC(Cc1cccc(Cl)c1Cl)c1cnn(C)c1. The molecule has 3 nitrogen and oxygen atoms in total. The van der Waals surface area contributed by atoms with Gasteiger partial charge in [0, 0.05) is 24.8 Å². The maximum Gasteiger partial charge on any atom is 0.0624 e. The van der Waals surface area contributed by atoms with Crippen molar-refractivity contribution in [2.45, 2.75) is 19.4 Å². The lowest BCUT2D eigenvalue weighted by Gasteiger charge is -2.17. The Balaban J connectivity index is 2.23. The van der Waals surface area contributed by atoms with Gasteiger partial charge in [0.2, 0.25) is 0 Å². The third kappa shape index (κ3) is 3.50. The molecule has 0 saturated carbocycles. The molecule has 1 aromatic carbocycles. The van der Waals surface area contributed by atoms with Crippen molar-refractivity contribution < 1.29 is 0 Å². The molecular formula is C14H17Cl2N3. The summed E-state index contributed by atoms with van der Waals surface area (Å²) in [6.07, 6.45) is 4.69. The molecule has 5 heteroatoms. The van der Waals surface area contributed by atoms with Crippen molar-refractivity contribution in [2.75, 3.05) is 6.54 Å². The smallest absolute Gasteiger partial charge is 0.0624 e. The third-order valence-corrected chi connectivity index (χ3v) is 3.89. The molecule has 0 aliphatic carbocycles. The van der Waals surface area contributed by atoms with Crippen LogP contribution in [0, 0.1) is 0 Å². The molecule has 2 aromatic rings. The van der Waals surface area contributed by atoms with Crippen molar-refractivity contribution >= 4 is 23.2 Å². The number of hydrogen-bond acceptors (Lipinski definition) is 2. The topological polar surface area (TPSA) is 29.9 Å². The summed E-state index contributed by atoms with van der Waals surface area (Å²) >= 11 is 12.3. The van der Waals surface area contributed by atoms with Crippen LogP contribution in [0.1, 0.15) is 24.1 Å². The first-order valence-electron chi connectivity index (χ1n) is 6.26. The van der Waals surface area contributed by atoms with Gasteiger partial charge in [0.1, 0.15) is 0 Å². The summed E-state index contributed by atoms with van der Waals surface area (Å²) in [4.78, 5) is 0. The number of hydrogen-bond donors (Lipinski definition) is 1. The quantitative estimate of drug-likeness (QED) is 0.913. The van der Waals surface area contributed by atoms with Gasteiger partial charge in [-0.25, -0.2) is 0 Å². The fraction of sp³-hybridized carbons (Fsp3) is 0.357. The molecule has 0 aliphatic rings. The molecule has 19 heavy (non-hydrogen) atoms. The molecule has 0 amide bonds. The molecule has 1 atom stereocenters. The van der Waals surface area contributed by atoms with Crippen molar-refractivity contribution in [3.05, 3.63) is 51.8 Å². The number of nitrogens with zero attached hydrogens (tertiary/aromatic N) is 2. The zero-order valence-electron chi connectivity index (χ0n) is 11.0. The van der Waals surface area contributed by atoms with Crippen LogP contribution in [0.5, 0.6) is 0 Å². The van der Waals surface area contributed by atoms with Gasteiger partial charge < -0.3 is 5.32 Å². The number of nitrogens with one attached hydrogen (secondary N) is 1. The van der Waals surface area contributed by atoms with Gasteiger partial charge in [-0.05, 0) is 24.6 Å². The normalized spacial score (nSPS) is 12.6. The molecule has 2 rings (SSSR count). The van der Waals surface area contributed by atoms with Crippen LogP contribution in [-0.4, -0.2) is 16.3 Å². The van der Waals surface area contributed by atoms with Gasteiger partial charge in [-0.15, -0.1) is 0 Å². The summed E-state index contributed by atoms with van der Waals surface area (Å²) in [6, 6.07) is 5.93. The van der Waals surface area contributed by atoms with E-state index in [0.717, 1.165) is 24.1 Å². The van der Waals surface area contributed by atoms with E-state index in [1.165, 1.54) is 0 Å². The van der Waals surface area contributed by atoms with Crippen molar-refractivity contribution in [1.29, 1.82) is 0 Å². The fourth-order valence-corrected chi connectivity index (χ4v) is 2.50. The van der Waals surface area contributed by atoms with Gasteiger partial charge >= 0.3 is 0 Å². The Kier molecular flexibility index (Phi) is 4.86. The highest BCUT2D eigenvalue weighted by Crippen LogP contribution is 2.29. The van der Waals surface area contributed by atoms with Crippen LogP contribution < -0.4 is 5.32 Å². The van der Waals surface area contributed by atoms with E-state index in [2.05, 4.69) is 17.3 Å². The number of aromatic nitrogens is 2. The highest BCUT2D eigenvalue weighted by molar-refractivity contribution is 6.42. The molecule has 0 spiro atoms. The van der Waals surface area contributed by atoms with Crippen molar-refractivity contribution in [2.24, 2.45) is 7.05 Å². The Labute approximate surface area is 123 Å². The van der Waals surface area contributed by atoms with E-state index in [-0.39, 0.29) is 6.04 Å². The molecular weight excluding hydrogens is 281 g/mol. The number of aryl methyl sites for hydroxylation is 1. The first kappa shape index (κ1) is 14.4. The summed E-state index contributed by atoms with van der Waals surface area (Å²) in [5.74, 6) is 0. The predicted octanol–water partition coefficient (Wildman–Crippen LogP) is 3.62. The summed E-state index contributed by atoms with van der Waals surface area (Å²) in [5, 5.41) is 8.90.